The van der Waals surface area contributed by atoms with E-state index in [0.717, 1.165) is 29.4 Å². The lowest BCUT2D eigenvalue weighted by molar-refractivity contribution is 0.432. The van der Waals surface area contributed by atoms with Gasteiger partial charge in [0.1, 0.15) is 0 Å². The quantitative estimate of drug-likeness (QED) is 0.408. The summed E-state index contributed by atoms with van der Waals surface area (Å²) in [5.41, 5.74) is -0.134. The number of aryl methyl sites for hydroxylation is 1. The van der Waals surface area contributed by atoms with Crippen LogP contribution in [0.15, 0.2) is 38.9 Å². The average molecular weight is 453 g/mol. The van der Waals surface area contributed by atoms with E-state index in [2.05, 4.69) is 16.9 Å². The molecule has 0 aliphatic rings. The van der Waals surface area contributed by atoms with Crippen molar-refractivity contribution in [2.75, 3.05) is 0 Å². The monoisotopic (exact) mass is 452 g/mol. The van der Waals surface area contributed by atoms with Crippen LogP contribution in [0.3, 0.4) is 0 Å². The Morgan fingerprint density at radius 3 is 2.36 bits per heavy atom. The van der Waals surface area contributed by atoms with Crippen molar-refractivity contribution in [3.05, 3.63) is 66.8 Å². The number of hydrogen-bond donors (Lipinski definition) is 1. The number of hydrogen-bond acceptors (Lipinski definition) is 6. The lowest BCUT2D eigenvalue weighted by atomic mass is 10.1. The van der Waals surface area contributed by atoms with Crippen LogP contribution < -0.4 is 16.8 Å². The summed E-state index contributed by atoms with van der Waals surface area (Å²) in [5.74, 6) is -0.180. The predicted molar refractivity (Wildman–Crippen MR) is 125 cm³/mol. The molecule has 1 N–H and O–H groups in total. The molecule has 4 rings (SSSR count). The van der Waals surface area contributed by atoms with Crippen molar-refractivity contribution in [1.82, 2.24) is 28.1 Å². The molecule has 0 saturated carbocycles. The molecule has 0 unspecified atom stereocenters. The van der Waals surface area contributed by atoms with Crippen LogP contribution in [0.1, 0.15) is 51.2 Å². The predicted octanol–water partition coefficient (Wildman–Crippen LogP) is 1.89. The maximum atomic E-state index is 13.5. The maximum Gasteiger partial charge on any atom is 0.332 e. The summed E-state index contributed by atoms with van der Waals surface area (Å²) in [6, 6.07) is 3.62. The van der Waals surface area contributed by atoms with Gasteiger partial charge < -0.3 is 5.11 Å². The Bertz CT molecular complexity index is 1490. The van der Waals surface area contributed by atoms with Gasteiger partial charge in [-0.05, 0) is 38.3 Å². The van der Waals surface area contributed by atoms with E-state index in [-0.39, 0.29) is 53.6 Å². The molecule has 0 radical (unpaired) electrons. The molecular weight excluding hydrogens is 424 g/mol. The number of aromatic hydroxyl groups is 1. The van der Waals surface area contributed by atoms with E-state index >= 15 is 0 Å². The zero-order valence-corrected chi connectivity index (χ0v) is 19.1. The van der Waals surface area contributed by atoms with E-state index in [1.54, 1.807) is 32.3 Å². The van der Waals surface area contributed by atoms with Gasteiger partial charge >= 0.3 is 5.69 Å². The first-order valence-corrected chi connectivity index (χ1v) is 11.3. The van der Waals surface area contributed by atoms with Crippen molar-refractivity contribution in [3.63, 3.8) is 0 Å². The highest BCUT2D eigenvalue weighted by atomic mass is 16.3. The molecule has 0 aliphatic heterocycles. The number of imidazole rings is 1. The minimum Gasteiger partial charge on any atom is -0.494 e. The van der Waals surface area contributed by atoms with Crippen LogP contribution in [-0.2, 0) is 26.1 Å². The minimum absolute atomic E-state index is 0.0856. The van der Waals surface area contributed by atoms with Gasteiger partial charge in [0.05, 0.1) is 12.1 Å². The molecule has 0 aliphatic carbocycles. The molecule has 0 spiro atoms. The molecule has 174 valence electrons. The van der Waals surface area contributed by atoms with Crippen LogP contribution in [0.25, 0.3) is 16.9 Å². The number of aromatic nitrogens is 6. The normalized spacial score (nSPS) is 11.6. The van der Waals surface area contributed by atoms with Gasteiger partial charge in [-0.25, -0.2) is 9.20 Å². The summed E-state index contributed by atoms with van der Waals surface area (Å²) in [6.45, 7) is 6.19. The first-order valence-electron chi connectivity index (χ1n) is 11.3. The first-order chi connectivity index (χ1) is 15.9. The van der Waals surface area contributed by atoms with E-state index in [1.165, 1.54) is 13.5 Å². The van der Waals surface area contributed by atoms with E-state index in [0.29, 0.717) is 6.42 Å². The third-order valence-corrected chi connectivity index (χ3v) is 5.96. The fourth-order valence-corrected chi connectivity index (χ4v) is 4.25. The highest BCUT2D eigenvalue weighted by Gasteiger charge is 2.25. The third-order valence-electron chi connectivity index (χ3n) is 5.96. The standard InChI is InChI=1S/C23H28N6O4/c1-4-7-8-11-16-19(30)28(14-15-10-9-12-24-13-15)22-25-18-17(29(22)20(16)31)21(32)27(6-3)23(33)26(18)5-2/h9-10,12-13,31H,4-8,11,14H2,1-3H3. The summed E-state index contributed by atoms with van der Waals surface area (Å²) in [5, 5.41) is 11.2. The van der Waals surface area contributed by atoms with Crippen LogP contribution in [0.2, 0.25) is 0 Å². The lowest BCUT2D eigenvalue weighted by Crippen LogP contribution is -2.39. The van der Waals surface area contributed by atoms with Crippen LogP contribution in [0.4, 0.5) is 0 Å². The Kier molecular flexibility index (Phi) is 6.17. The van der Waals surface area contributed by atoms with Gasteiger partial charge in [-0.3, -0.25) is 28.3 Å². The fraction of sp³-hybridized carbons (Fsp3) is 0.435. The van der Waals surface area contributed by atoms with Gasteiger partial charge in [-0.2, -0.15) is 4.98 Å². The average Bonchev–Trinajstić information content (AvgIpc) is 3.21. The molecule has 4 heterocycles. The van der Waals surface area contributed by atoms with Crippen molar-refractivity contribution < 1.29 is 5.11 Å². The van der Waals surface area contributed by atoms with Gasteiger partial charge in [0.2, 0.25) is 11.7 Å². The number of rotatable bonds is 8. The van der Waals surface area contributed by atoms with E-state index < -0.39 is 11.2 Å². The van der Waals surface area contributed by atoms with Gasteiger partial charge in [0.25, 0.3) is 11.1 Å². The highest BCUT2D eigenvalue weighted by Crippen LogP contribution is 2.23. The second-order valence-electron chi connectivity index (χ2n) is 8.01. The molecule has 0 amide bonds. The lowest BCUT2D eigenvalue weighted by Gasteiger charge is -2.13. The summed E-state index contributed by atoms with van der Waals surface area (Å²) in [4.78, 5) is 48.3. The van der Waals surface area contributed by atoms with E-state index in [9.17, 15) is 19.5 Å². The molecule has 0 aromatic carbocycles. The topological polar surface area (TPSA) is 116 Å². The van der Waals surface area contributed by atoms with Gasteiger partial charge in [-0.15, -0.1) is 0 Å². The molecule has 0 atom stereocenters. The van der Waals surface area contributed by atoms with Crippen molar-refractivity contribution in [2.24, 2.45) is 0 Å². The van der Waals surface area contributed by atoms with Crippen molar-refractivity contribution in [3.8, 4) is 5.88 Å². The van der Waals surface area contributed by atoms with Gasteiger partial charge in [0.15, 0.2) is 11.2 Å². The Morgan fingerprint density at radius 2 is 1.73 bits per heavy atom. The van der Waals surface area contributed by atoms with Crippen LogP contribution >= 0.6 is 0 Å². The molecule has 0 fully saturated rings. The van der Waals surface area contributed by atoms with Crippen molar-refractivity contribution in [2.45, 2.75) is 66.1 Å². The molecular formula is C23H28N6O4. The zero-order chi connectivity index (χ0) is 23.7. The summed E-state index contributed by atoms with van der Waals surface area (Å²) < 4.78 is 5.28. The number of fused-ring (bicyclic) bond motifs is 3. The first kappa shape index (κ1) is 22.5. The molecule has 10 nitrogen and oxygen atoms in total. The summed E-state index contributed by atoms with van der Waals surface area (Å²) in [7, 11) is 0. The molecule has 10 heteroatoms. The molecule has 0 bridgehead atoms. The third kappa shape index (κ3) is 3.65. The number of nitrogens with zero attached hydrogens (tertiary/aromatic N) is 6. The van der Waals surface area contributed by atoms with Crippen LogP contribution in [-0.4, -0.2) is 33.2 Å². The van der Waals surface area contributed by atoms with Crippen LogP contribution in [0, 0.1) is 0 Å². The second-order valence-corrected chi connectivity index (χ2v) is 8.01. The Balaban J connectivity index is 2.15. The van der Waals surface area contributed by atoms with E-state index in [4.69, 9.17) is 0 Å². The smallest absolute Gasteiger partial charge is 0.332 e. The largest absolute Gasteiger partial charge is 0.494 e. The summed E-state index contributed by atoms with van der Waals surface area (Å²) >= 11 is 0. The SMILES string of the molecule is CCCCCc1c(O)n2c3c(=O)n(CC)c(=O)n(CC)c3nc2n(Cc2cccnc2)c1=O. The van der Waals surface area contributed by atoms with E-state index in [1.807, 2.05) is 6.07 Å². The maximum absolute atomic E-state index is 13.5. The molecule has 0 saturated heterocycles. The van der Waals surface area contributed by atoms with Gasteiger partial charge in [0, 0.05) is 25.5 Å². The molecule has 4 aromatic rings. The Hall–Kier alpha value is -3.69. The van der Waals surface area contributed by atoms with Crippen LogP contribution in [0.5, 0.6) is 5.88 Å². The Labute approximate surface area is 189 Å². The molecule has 33 heavy (non-hydrogen) atoms. The zero-order valence-electron chi connectivity index (χ0n) is 19.1. The van der Waals surface area contributed by atoms with Gasteiger partial charge in [-0.1, -0.05) is 25.8 Å². The number of pyridine rings is 1. The minimum atomic E-state index is -0.545. The Morgan fingerprint density at radius 1 is 0.970 bits per heavy atom. The number of unbranched alkanes of at least 4 members (excludes halogenated alkanes) is 2. The van der Waals surface area contributed by atoms with Crippen molar-refractivity contribution >= 4 is 16.9 Å². The van der Waals surface area contributed by atoms with Crippen molar-refractivity contribution in [1.29, 1.82) is 0 Å². The summed E-state index contributed by atoms with van der Waals surface area (Å²) in [6.07, 6.45) is 6.26. The highest BCUT2D eigenvalue weighted by molar-refractivity contribution is 5.76. The second kappa shape index (κ2) is 9.05. The fourth-order valence-electron chi connectivity index (χ4n) is 4.25. The molecule has 4 aromatic heterocycles.